The van der Waals surface area contributed by atoms with Gasteiger partial charge in [-0.3, -0.25) is 52.7 Å². The number of fused-ring (bicyclic) bond motifs is 7. The number of cyclic esters (lactones) is 3. The quantitative estimate of drug-likeness (QED) is 0.0578. The van der Waals surface area contributed by atoms with Crippen molar-refractivity contribution in [2.75, 3.05) is 33.5 Å². The second kappa shape index (κ2) is 46.7. The molecule has 11 saturated heterocycles. The number of hydrogen-bond donors (Lipinski definition) is 0. The van der Waals surface area contributed by atoms with Gasteiger partial charge in [-0.25, -0.2) is 47.9 Å². The molecule has 43 nitrogen and oxygen atoms in total. The minimum Gasteiger partial charge on any atom is -0.469 e. The highest BCUT2D eigenvalue weighted by atomic mass is 16.7. The van der Waals surface area contributed by atoms with E-state index in [-0.39, 0.29) is 198 Å². The highest BCUT2D eigenvalue weighted by Crippen LogP contribution is 2.63. The van der Waals surface area contributed by atoms with Crippen molar-refractivity contribution in [1.82, 2.24) is 0 Å². The maximum atomic E-state index is 12.6. The molecule has 0 aromatic carbocycles. The molecule has 20 rings (SSSR count). The summed E-state index contributed by atoms with van der Waals surface area (Å²) in [5.74, 6) is -11.7. The minimum atomic E-state index is -0.731. The van der Waals surface area contributed by atoms with Crippen molar-refractivity contribution in [1.29, 1.82) is 0 Å². The van der Waals surface area contributed by atoms with Gasteiger partial charge in [0.1, 0.15) is 91.1 Å². The molecule has 34 unspecified atom stereocenters. The van der Waals surface area contributed by atoms with Crippen molar-refractivity contribution < 1.29 is 205 Å². The third kappa shape index (κ3) is 25.3. The Morgan fingerprint density at radius 3 is 1.23 bits per heavy atom. The molecule has 0 aromatic heterocycles. The third-order valence-electron chi connectivity index (χ3n) is 29.5. The molecular formula is C106H130O43. The molecule has 43 heteroatoms. The Labute approximate surface area is 859 Å². The van der Waals surface area contributed by atoms with Gasteiger partial charge in [0.2, 0.25) is 6.10 Å². The number of ether oxygens (including phenoxy) is 22. The van der Waals surface area contributed by atoms with E-state index in [9.17, 15) is 101 Å². The molecule has 20 fully saturated rings. The van der Waals surface area contributed by atoms with E-state index < -0.39 is 179 Å². The lowest BCUT2D eigenvalue weighted by Crippen LogP contribution is -2.45. The highest BCUT2D eigenvalue weighted by Gasteiger charge is 2.74. The summed E-state index contributed by atoms with van der Waals surface area (Å²) in [5.41, 5.74) is 1.54. The van der Waals surface area contributed by atoms with Crippen molar-refractivity contribution in [2.24, 2.45) is 101 Å². The van der Waals surface area contributed by atoms with Crippen molar-refractivity contribution in [3.8, 4) is 0 Å². The number of carbonyl (C=O) groups is 21. The summed E-state index contributed by atoms with van der Waals surface area (Å²) < 4.78 is 113. The van der Waals surface area contributed by atoms with Crippen LogP contribution in [0.2, 0.25) is 0 Å². The van der Waals surface area contributed by atoms with E-state index in [1.807, 2.05) is 0 Å². The van der Waals surface area contributed by atoms with Gasteiger partial charge in [0.05, 0.1) is 99.1 Å². The van der Waals surface area contributed by atoms with Gasteiger partial charge in [0, 0.05) is 117 Å². The fraction of sp³-hybridized carbons (Fsp3) is 0.632. The summed E-state index contributed by atoms with van der Waals surface area (Å²) in [4.78, 5) is 242. The molecular weight excluding hydrogens is 1960 g/mol. The van der Waals surface area contributed by atoms with Gasteiger partial charge in [-0.15, -0.1) is 0 Å². The molecule has 812 valence electrons. The first-order valence-corrected chi connectivity index (χ1v) is 49.5. The Morgan fingerprint density at radius 1 is 0.369 bits per heavy atom. The van der Waals surface area contributed by atoms with Gasteiger partial charge in [0.25, 0.3) is 0 Å². The van der Waals surface area contributed by atoms with E-state index in [1.54, 1.807) is 90.0 Å². The van der Waals surface area contributed by atoms with Crippen LogP contribution in [0.15, 0.2) is 109 Å². The Kier molecular flexibility index (Phi) is 35.8. The van der Waals surface area contributed by atoms with Crippen LogP contribution in [-0.4, -0.2) is 268 Å². The van der Waals surface area contributed by atoms with E-state index >= 15 is 0 Å². The first-order chi connectivity index (χ1) is 69.9. The SMILES string of the molecule is C=C(C)C(=O)OC1(C)CCOC(=O)C1.C=C(C)C(=O)OC1C2CC3C(=O)OC1C3C2.C=C(C)C(=O)OC1C2CC3C(=O)OC1C3O2.C=C(C)C(=O)OC1C2CC3C1OC(=O)C3C2C(=O)OC.C=C(C)C(=O)OC1C2CC3C1OC(=O)C3C2C(=O)OC(C)(C)C.C=C(C)C(=O)OC1C2CC3C1OC(=O)C3C2C(=O)OCC.C=C(C)C(=O)OC1CCC2CC1OC2=O.C=C(C)C(=O)OC1CCOC1=O.C=C(C)C(=O)OC1COC(=O)C1. The monoisotopic (exact) mass is 2090 g/mol. The molecule has 0 amide bonds. The average molecular weight is 2090 g/mol. The van der Waals surface area contributed by atoms with E-state index in [2.05, 4.69) is 68.7 Å². The fourth-order valence-corrected chi connectivity index (χ4v) is 22.6. The van der Waals surface area contributed by atoms with Crippen LogP contribution in [0.4, 0.5) is 0 Å². The summed E-state index contributed by atoms with van der Waals surface area (Å²) >= 11 is 0. The number of rotatable bonds is 22. The van der Waals surface area contributed by atoms with E-state index in [0.717, 1.165) is 19.3 Å². The van der Waals surface area contributed by atoms with Gasteiger partial charge in [-0.1, -0.05) is 59.2 Å². The van der Waals surface area contributed by atoms with Crippen molar-refractivity contribution in [3.05, 3.63) is 109 Å². The van der Waals surface area contributed by atoms with E-state index in [0.29, 0.717) is 98.4 Å². The second-order valence-electron chi connectivity index (χ2n) is 42.2. The number of carbonyl (C=O) groups excluding carboxylic acids is 21. The topological polar surface area (TPSA) is 562 Å². The summed E-state index contributed by atoms with van der Waals surface area (Å²) in [5, 5.41) is 0. The van der Waals surface area contributed by atoms with Crippen molar-refractivity contribution in [2.45, 2.75) is 289 Å². The van der Waals surface area contributed by atoms with E-state index in [4.69, 9.17) is 94.7 Å². The predicted octanol–water partition coefficient (Wildman–Crippen LogP) is 7.41. The zero-order valence-electron chi connectivity index (χ0n) is 86.0. The molecule has 0 spiro atoms. The average Bonchev–Trinajstić information content (AvgIpc) is 1.55. The molecule has 34 atom stereocenters. The fourth-order valence-electron chi connectivity index (χ4n) is 22.6. The van der Waals surface area contributed by atoms with Crippen LogP contribution in [0.3, 0.4) is 0 Å². The highest BCUT2D eigenvalue weighted by molar-refractivity contribution is 5.95. The van der Waals surface area contributed by atoms with Gasteiger partial charge in [0.15, 0.2) is 12.2 Å². The summed E-state index contributed by atoms with van der Waals surface area (Å²) in [6.07, 6.45) is 1.25. The molecule has 9 saturated carbocycles. The molecule has 11 heterocycles. The third-order valence-corrected chi connectivity index (χ3v) is 29.5. The maximum absolute atomic E-state index is 12.6. The van der Waals surface area contributed by atoms with Crippen molar-refractivity contribution >= 4 is 125 Å². The predicted molar refractivity (Wildman–Crippen MR) is 502 cm³/mol. The molecule has 11 aliphatic heterocycles. The van der Waals surface area contributed by atoms with Crippen LogP contribution < -0.4 is 0 Å². The zero-order chi connectivity index (χ0) is 110. The second-order valence-corrected chi connectivity index (χ2v) is 42.2. The number of methoxy groups -OCH3 is 1. The van der Waals surface area contributed by atoms with Crippen LogP contribution in [0.1, 0.15) is 180 Å². The Balaban J connectivity index is 0.000000150. The smallest absolute Gasteiger partial charge is 0.347 e. The molecule has 20 aliphatic rings. The van der Waals surface area contributed by atoms with Gasteiger partial charge in [-0.2, -0.15) is 0 Å². The van der Waals surface area contributed by atoms with Crippen LogP contribution in [0.25, 0.3) is 0 Å². The lowest BCUT2D eigenvalue weighted by Gasteiger charge is -2.32. The number of hydrogen-bond acceptors (Lipinski definition) is 43. The molecule has 0 aromatic rings. The van der Waals surface area contributed by atoms with Gasteiger partial charge in [-0.05, 0) is 148 Å². The summed E-state index contributed by atoms with van der Waals surface area (Å²) in [7, 11) is 1.29. The van der Waals surface area contributed by atoms with Crippen LogP contribution >= 0.6 is 0 Å². The molecule has 0 radical (unpaired) electrons. The molecule has 0 N–H and O–H groups in total. The Bertz CT molecular complexity index is 5450. The van der Waals surface area contributed by atoms with Crippen LogP contribution in [-0.2, 0) is 205 Å². The Hall–Kier alpha value is -13.5. The van der Waals surface area contributed by atoms with Gasteiger partial charge >= 0.3 is 125 Å². The zero-order valence-corrected chi connectivity index (χ0v) is 86.0. The van der Waals surface area contributed by atoms with Crippen LogP contribution in [0, 0.1) is 101 Å². The number of esters is 21. The Morgan fingerprint density at radius 2 is 0.792 bits per heavy atom. The molecule has 149 heavy (non-hydrogen) atoms. The molecule has 12 bridgehead atoms. The molecule has 9 aliphatic carbocycles. The normalized spacial score (nSPS) is 35.4. The summed E-state index contributed by atoms with van der Waals surface area (Å²) in [6, 6.07) is 0. The maximum Gasteiger partial charge on any atom is 0.347 e. The lowest BCUT2D eigenvalue weighted by molar-refractivity contribution is -0.172. The minimum absolute atomic E-state index is 0.0229. The standard InChI is InChI=1S/C17H22O6.C15H18O6.C14H16O6.C12H14O4.C11H12O5.C11H14O4.C10H14O4.2C8H10O4/c1-7(2)14(18)21-12-9-6-8-10(15(19)22-13(8)12)11(9)16(20)23-17(3,4)5;1-4-19-14(17)9-7-5-8-10(9)15(18)21-12(8)11(7)20-13(16)6(2)3;1-5(2)12(15)19-10-6-4-7-9(8(6)13(16)18-3)14(17)20-11(7)10;1-5(2)11(13)15-9-6-3-7-8(4-6)12(14)16-10(7)9;1-4(2)10(12)15-8-6-3-5-7(14-6)9(8)16-11(5)13;1-6(2)10(12)14-8-4-3-7-5-9(8)15-11(7)13;1-7(2)9(12)14-10(3)4-5-13-8(11)6-10;1-5(2)8(10)12-6-3-7(9)11-4-6;1-5(2)7(9)12-6-3-4-11-8(6)10/h8-13H,1,6H2,2-5H3;7-12H,2,4-5H2,1,3H3;6-11H,1,4H2,2-3H3;6-10H,1,3-4H2,2H3;5-9H,1,3H2,2H3;7-9H,1,3-5H2,2H3;1,4-6H2,2-3H3;2*6H,1,3-4H2,2H3. The lowest BCUT2D eigenvalue weighted by atomic mass is 9.78. The van der Waals surface area contributed by atoms with Crippen molar-refractivity contribution in [3.63, 3.8) is 0 Å². The summed E-state index contributed by atoms with van der Waals surface area (Å²) in [6.45, 7) is 55.5. The van der Waals surface area contributed by atoms with E-state index in [1.165, 1.54) is 14.0 Å². The van der Waals surface area contributed by atoms with Gasteiger partial charge < -0.3 is 104 Å². The first-order valence-electron chi connectivity index (χ1n) is 49.5. The van der Waals surface area contributed by atoms with Crippen LogP contribution in [0.5, 0.6) is 0 Å². The largest absolute Gasteiger partial charge is 0.469 e. The first kappa shape index (κ1) is 114.